The first-order valence-electron chi connectivity index (χ1n) is 6.28. The van der Waals surface area contributed by atoms with E-state index >= 15 is 0 Å². The van der Waals surface area contributed by atoms with Crippen LogP contribution in [0.1, 0.15) is 12.8 Å². The zero-order valence-electron chi connectivity index (χ0n) is 10.6. The van der Waals surface area contributed by atoms with Gasteiger partial charge in [-0.2, -0.15) is 0 Å². The summed E-state index contributed by atoms with van der Waals surface area (Å²) in [4.78, 5) is 10.6. The smallest absolute Gasteiger partial charge is 0.316 e. The lowest BCUT2D eigenvalue weighted by Crippen LogP contribution is -2.13. The summed E-state index contributed by atoms with van der Waals surface area (Å²) in [5.41, 5.74) is 3.12. The predicted molar refractivity (Wildman–Crippen MR) is 72.9 cm³/mol. The Kier molecular flexibility index (Phi) is 4.53. The Bertz CT molecular complexity index is 447. The minimum Gasteiger partial charge on any atom is -0.381 e. The van der Waals surface area contributed by atoms with E-state index in [0.717, 1.165) is 26.1 Å². The fourth-order valence-corrected chi connectivity index (χ4v) is 2.22. The van der Waals surface area contributed by atoms with Crippen LogP contribution >= 0.6 is 0 Å². The summed E-state index contributed by atoms with van der Waals surface area (Å²) in [6.45, 7) is 2.29. The molecule has 0 amide bonds. The molecule has 1 atom stereocenters. The second-order valence-corrected chi connectivity index (χ2v) is 4.55. The first-order valence-corrected chi connectivity index (χ1v) is 6.28. The second-order valence-electron chi connectivity index (χ2n) is 4.55. The highest BCUT2D eigenvalue weighted by atomic mass is 16.6. The SMILES string of the molecule is NNc1cccc(NCCC2CCOC2)c1[N+](=O)[O-]. The van der Waals surface area contributed by atoms with Crippen molar-refractivity contribution in [2.45, 2.75) is 12.8 Å². The fraction of sp³-hybridized carbons (Fsp3) is 0.500. The number of hydrogen-bond acceptors (Lipinski definition) is 6. The maximum Gasteiger partial charge on any atom is 0.316 e. The normalized spacial score (nSPS) is 18.3. The number of nitro groups is 1. The Labute approximate surface area is 111 Å². The Morgan fingerprint density at radius 1 is 1.47 bits per heavy atom. The number of nitrogen functional groups attached to an aromatic ring is 1. The van der Waals surface area contributed by atoms with Crippen LogP contribution in [0.2, 0.25) is 0 Å². The van der Waals surface area contributed by atoms with Crippen LogP contribution in [0, 0.1) is 16.0 Å². The van der Waals surface area contributed by atoms with Gasteiger partial charge in [-0.1, -0.05) is 6.07 Å². The molecule has 0 radical (unpaired) electrons. The summed E-state index contributed by atoms with van der Waals surface area (Å²) >= 11 is 0. The van der Waals surface area contributed by atoms with Gasteiger partial charge in [-0.15, -0.1) is 0 Å². The average molecular weight is 266 g/mol. The number of hydrogen-bond donors (Lipinski definition) is 3. The molecule has 7 nitrogen and oxygen atoms in total. The van der Waals surface area contributed by atoms with Crippen molar-refractivity contribution in [2.75, 3.05) is 30.5 Å². The molecule has 2 rings (SSSR count). The van der Waals surface area contributed by atoms with Crippen LogP contribution in [0.4, 0.5) is 17.1 Å². The van der Waals surface area contributed by atoms with E-state index < -0.39 is 4.92 Å². The van der Waals surface area contributed by atoms with Crippen LogP contribution in [0.3, 0.4) is 0 Å². The fourth-order valence-electron chi connectivity index (χ4n) is 2.22. The van der Waals surface area contributed by atoms with Gasteiger partial charge in [0.25, 0.3) is 0 Å². The van der Waals surface area contributed by atoms with E-state index in [9.17, 15) is 10.1 Å². The highest BCUT2D eigenvalue weighted by Gasteiger charge is 2.20. The summed E-state index contributed by atoms with van der Waals surface area (Å²) < 4.78 is 5.30. The van der Waals surface area contributed by atoms with Crippen LogP contribution in [-0.4, -0.2) is 24.7 Å². The van der Waals surface area contributed by atoms with E-state index in [1.807, 2.05) is 0 Å². The minimum atomic E-state index is -0.434. The molecule has 0 spiro atoms. The number of nitrogens with zero attached hydrogens (tertiary/aromatic N) is 1. The van der Waals surface area contributed by atoms with Gasteiger partial charge in [-0.25, -0.2) is 0 Å². The summed E-state index contributed by atoms with van der Waals surface area (Å²) in [6, 6.07) is 4.99. The molecule has 1 aromatic carbocycles. The largest absolute Gasteiger partial charge is 0.381 e. The molecule has 1 fully saturated rings. The number of nitrogens with one attached hydrogen (secondary N) is 2. The molecule has 7 heteroatoms. The molecule has 1 aromatic rings. The van der Waals surface area contributed by atoms with Crippen molar-refractivity contribution in [3.05, 3.63) is 28.3 Å². The molecule has 1 aliphatic heterocycles. The van der Waals surface area contributed by atoms with Gasteiger partial charge in [-0.3, -0.25) is 16.0 Å². The van der Waals surface area contributed by atoms with Gasteiger partial charge in [0.15, 0.2) is 0 Å². The lowest BCUT2D eigenvalue weighted by molar-refractivity contribution is -0.383. The van der Waals surface area contributed by atoms with Crippen LogP contribution < -0.4 is 16.6 Å². The predicted octanol–water partition coefficient (Wildman–Crippen LogP) is 1.72. The van der Waals surface area contributed by atoms with Crippen LogP contribution in [0.25, 0.3) is 0 Å². The monoisotopic (exact) mass is 266 g/mol. The molecule has 0 aromatic heterocycles. The van der Waals surface area contributed by atoms with Gasteiger partial charge in [0.05, 0.1) is 4.92 Å². The van der Waals surface area contributed by atoms with Crippen LogP contribution in [0.5, 0.6) is 0 Å². The van der Waals surface area contributed by atoms with E-state index in [2.05, 4.69) is 10.7 Å². The number of anilines is 2. The quantitative estimate of drug-likeness (QED) is 0.411. The van der Waals surface area contributed by atoms with E-state index in [4.69, 9.17) is 10.6 Å². The molecular weight excluding hydrogens is 248 g/mol. The first-order chi connectivity index (χ1) is 9.22. The molecule has 0 saturated carbocycles. The number of hydrazine groups is 1. The van der Waals surface area contributed by atoms with Crippen molar-refractivity contribution in [2.24, 2.45) is 11.8 Å². The lowest BCUT2D eigenvalue weighted by Gasteiger charge is -2.11. The lowest BCUT2D eigenvalue weighted by atomic mass is 10.1. The van der Waals surface area contributed by atoms with Crippen molar-refractivity contribution in [1.82, 2.24) is 0 Å². The van der Waals surface area contributed by atoms with E-state index in [-0.39, 0.29) is 5.69 Å². The van der Waals surface area contributed by atoms with E-state index in [0.29, 0.717) is 23.8 Å². The van der Waals surface area contributed by atoms with Crippen LogP contribution in [-0.2, 0) is 4.74 Å². The molecule has 0 aliphatic carbocycles. The minimum absolute atomic E-state index is 0.0207. The third-order valence-electron chi connectivity index (χ3n) is 3.27. The van der Waals surface area contributed by atoms with Gasteiger partial charge >= 0.3 is 5.69 Å². The molecule has 4 N–H and O–H groups in total. The second kappa shape index (κ2) is 6.35. The zero-order chi connectivity index (χ0) is 13.7. The number of ether oxygens (including phenoxy) is 1. The molecule has 0 bridgehead atoms. The number of nitro benzene ring substituents is 1. The topological polar surface area (TPSA) is 102 Å². The molecule has 1 saturated heterocycles. The average Bonchev–Trinajstić information content (AvgIpc) is 2.91. The third kappa shape index (κ3) is 3.33. The van der Waals surface area contributed by atoms with Crippen molar-refractivity contribution >= 4 is 17.1 Å². The summed E-state index contributed by atoms with van der Waals surface area (Å²) in [7, 11) is 0. The van der Waals surface area contributed by atoms with E-state index in [1.165, 1.54) is 0 Å². The number of rotatable bonds is 6. The summed E-state index contributed by atoms with van der Waals surface area (Å²) in [6.07, 6.45) is 2.01. The van der Waals surface area contributed by atoms with Crippen molar-refractivity contribution in [3.63, 3.8) is 0 Å². The molecule has 1 unspecified atom stereocenters. The van der Waals surface area contributed by atoms with Crippen molar-refractivity contribution in [3.8, 4) is 0 Å². The van der Waals surface area contributed by atoms with Gasteiger partial charge in [-0.05, 0) is 30.9 Å². The third-order valence-corrected chi connectivity index (χ3v) is 3.27. The van der Waals surface area contributed by atoms with Crippen molar-refractivity contribution in [1.29, 1.82) is 0 Å². The van der Waals surface area contributed by atoms with Gasteiger partial charge in [0.1, 0.15) is 11.4 Å². The Hall–Kier alpha value is -1.86. The van der Waals surface area contributed by atoms with Gasteiger partial charge < -0.3 is 15.5 Å². The standard InChI is InChI=1S/C12H18N4O3/c13-15-11-3-1-2-10(12(11)16(17)18)14-6-4-9-5-7-19-8-9/h1-3,9,14-15H,4-8,13H2. The maximum absolute atomic E-state index is 11.1. The molecule has 1 heterocycles. The zero-order valence-corrected chi connectivity index (χ0v) is 10.6. The van der Waals surface area contributed by atoms with Gasteiger partial charge in [0.2, 0.25) is 0 Å². The summed E-state index contributed by atoms with van der Waals surface area (Å²) in [5.74, 6) is 5.83. The Morgan fingerprint density at radius 3 is 2.89 bits per heavy atom. The first kappa shape index (κ1) is 13.6. The molecule has 104 valence electrons. The number of para-hydroxylation sites is 1. The number of benzene rings is 1. The Balaban J connectivity index is 2.00. The molecule has 19 heavy (non-hydrogen) atoms. The van der Waals surface area contributed by atoms with Crippen molar-refractivity contribution < 1.29 is 9.66 Å². The number of nitrogens with two attached hydrogens (primary N) is 1. The summed E-state index contributed by atoms with van der Waals surface area (Å²) in [5, 5.41) is 14.2. The molecular formula is C12H18N4O3. The highest BCUT2D eigenvalue weighted by molar-refractivity contribution is 5.75. The Morgan fingerprint density at radius 2 is 2.26 bits per heavy atom. The van der Waals surface area contributed by atoms with Gasteiger partial charge in [0, 0.05) is 19.8 Å². The van der Waals surface area contributed by atoms with Crippen LogP contribution in [0.15, 0.2) is 18.2 Å². The maximum atomic E-state index is 11.1. The van der Waals surface area contributed by atoms with E-state index in [1.54, 1.807) is 18.2 Å². The molecule has 1 aliphatic rings. The highest BCUT2D eigenvalue weighted by Crippen LogP contribution is 2.32.